The van der Waals surface area contributed by atoms with Crippen LogP contribution in [0.2, 0.25) is 5.02 Å². The van der Waals surface area contributed by atoms with E-state index in [0.29, 0.717) is 17.9 Å². The Bertz CT molecular complexity index is 345. The number of aliphatic carboxylic acids is 1. The quantitative estimate of drug-likeness (QED) is 0.855. The van der Waals surface area contributed by atoms with E-state index >= 15 is 0 Å². The van der Waals surface area contributed by atoms with Gasteiger partial charge in [-0.05, 0) is 37.5 Å². The van der Waals surface area contributed by atoms with Crippen LogP contribution in [0.4, 0.5) is 0 Å². The van der Waals surface area contributed by atoms with E-state index in [9.17, 15) is 4.79 Å². The summed E-state index contributed by atoms with van der Waals surface area (Å²) in [5.74, 6) is -0.750. The van der Waals surface area contributed by atoms with Crippen molar-refractivity contribution in [2.24, 2.45) is 5.41 Å². The largest absolute Gasteiger partial charge is 0.481 e. The van der Waals surface area contributed by atoms with Crippen LogP contribution in [0.25, 0.3) is 0 Å². The minimum absolute atomic E-state index is 0.538. The van der Waals surface area contributed by atoms with Gasteiger partial charge in [0.05, 0.1) is 5.41 Å². The molecule has 0 bridgehead atoms. The number of hydrogen-bond donors (Lipinski definition) is 1. The Balaban J connectivity index is 2.84. The van der Waals surface area contributed by atoms with Gasteiger partial charge in [-0.2, -0.15) is 0 Å². The number of carboxylic acids is 1. The fourth-order valence-electron chi connectivity index (χ4n) is 1.40. The Labute approximate surface area is 94.9 Å². The Morgan fingerprint density at radius 3 is 2.33 bits per heavy atom. The number of halogens is 1. The highest BCUT2D eigenvalue weighted by atomic mass is 35.5. The summed E-state index contributed by atoms with van der Waals surface area (Å²) in [6.45, 7) is 3.66. The lowest BCUT2D eigenvalue weighted by Crippen LogP contribution is -2.29. The molecule has 2 nitrogen and oxygen atoms in total. The molecule has 3 heteroatoms. The van der Waals surface area contributed by atoms with Crippen molar-refractivity contribution in [1.82, 2.24) is 0 Å². The van der Waals surface area contributed by atoms with Crippen LogP contribution >= 0.6 is 11.6 Å². The van der Waals surface area contributed by atoms with Gasteiger partial charge in [-0.25, -0.2) is 0 Å². The Morgan fingerprint density at radius 2 is 1.93 bits per heavy atom. The van der Waals surface area contributed by atoms with Crippen LogP contribution in [-0.2, 0) is 11.2 Å². The molecule has 0 heterocycles. The van der Waals surface area contributed by atoms with Crippen LogP contribution in [-0.4, -0.2) is 11.1 Å². The van der Waals surface area contributed by atoms with E-state index < -0.39 is 11.4 Å². The molecule has 0 spiro atoms. The van der Waals surface area contributed by atoms with Crippen LogP contribution in [0.15, 0.2) is 24.3 Å². The van der Waals surface area contributed by atoms with E-state index in [0.717, 1.165) is 5.56 Å². The van der Waals surface area contributed by atoms with Crippen LogP contribution < -0.4 is 0 Å². The summed E-state index contributed by atoms with van der Waals surface area (Å²) < 4.78 is 0. The molecule has 1 aromatic carbocycles. The molecule has 0 aliphatic rings. The molecule has 1 rings (SSSR count). The fraction of sp³-hybridized carbons (Fsp3) is 0.417. The van der Waals surface area contributed by atoms with Crippen molar-refractivity contribution in [3.05, 3.63) is 34.9 Å². The van der Waals surface area contributed by atoms with Gasteiger partial charge in [0.2, 0.25) is 0 Å². The van der Waals surface area contributed by atoms with Crippen molar-refractivity contribution >= 4 is 17.6 Å². The van der Waals surface area contributed by atoms with Gasteiger partial charge in [-0.3, -0.25) is 4.79 Å². The van der Waals surface area contributed by atoms with Crippen molar-refractivity contribution in [3.8, 4) is 0 Å². The molecule has 0 amide bonds. The van der Waals surface area contributed by atoms with Crippen molar-refractivity contribution in [2.45, 2.75) is 26.7 Å². The first-order valence-electron chi connectivity index (χ1n) is 4.96. The third-order valence-corrected chi connectivity index (χ3v) is 3.06. The summed E-state index contributed by atoms with van der Waals surface area (Å²) in [5.41, 5.74) is 0.319. The van der Waals surface area contributed by atoms with Crippen molar-refractivity contribution in [3.63, 3.8) is 0 Å². The zero-order chi connectivity index (χ0) is 11.5. The van der Waals surface area contributed by atoms with Crippen LogP contribution in [0.5, 0.6) is 0 Å². The molecule has 82 valence electrons. The molecule has 0 fully saturated rings. The molecule has 0 saturated heterocycles. The van der Waals surface area contributed by atoms with Crippen LogP contribution in [0.3, 0.4) is 0 Å². The molecule has 0 aliphatic heterocycles. The van der Waals surface area contributed by atoms with Crippen molar-refractivity contribution < 1.29 is 9.90 Å². The average Bonchev–Trinajstić information content (AvgIpc) is 2.21. The predicted molar refractivity (Wildman–Crippen MR) is 61.2 cm³/mol. The van der Waals surface area contributed by atoms with Gasteiger partial charge >= 0.3 is 5.97 Å². The normalized spacial score (nSPS) is 14.6. The lowest BCUT2D eigenvalue weighted by Gasteiger charge is -2.22. The second-order valence-electron chi connectivity index (χ2n) is 4.02. The van der Waals surface area contributed by atoms with Gasteiger partial charge < -0.3 is 5.11 Å². The van der Waals surface area contributed by atoms with E-state index in [1.165, 1.54) is 0 Å². The SMILES string of the molecule is CCC(C)(Cc1ccc(Cl)cc1)C(=O)O. The lowest BCUT2D eigenvalue weighted by atomic mass is 9.81. The summed E-state index contributed by atoms with van der Waals surface area (Å²) in [5, 5.41) is 9.80. The Kier molecular flexibility index (Phi) is 3.75. The van der Waals surface area contributed by atoms with E-state index in [2.05, 4.69) is 0 Å². The highest BCUT2D eigenvalue weighted by Gasteiger charge is 2.30. The Hall–Kier alpha value is -1.02. The van der Waals surface area contributed by atoms with E-state index in [1.54, 1.807) is 19.1 Å². The van der Waals surface area contributed by atoms with Gasteiger partial charge in [0.15, 0.2) is 0 Å². The molecule has 1 unspecified atom stereocenters. The molecule has 0 aromatic heterocycles. The van der Waals surface area contributed by atoms with E-state index in [4.69, 9.17) is 16.7 Å². The maximum atomic E-state index is 11.1. The highest BCUT2D eigenvalue weighted by Crippen LogP contribution is 2.27. The molecular weight excluding hydrogens is 212 g/mol. The summed E-state index contributed by atoms with van der Waals surface area (Å²) in [7, 11) is 0. The summed E-state index contributed by atoms with van der Waals surface area (Å²) in [6.07, 6.45) is 1.15. The second kappa shape index (κ2) is 4.67. The monoisotopic (exact) mass is 226 g/mol. The van der Waals surface area contributed by atoms with E-state index in [-0.39, 0.29) is 0 Å². The summed E-state index contributed by atoms with van der Waals surface area (Å²) >= 11 is 5.76. The summed E-state index contributed by atoms with van der Waals surface area (Å²) in [4.78, 5) is 11.1. The molecule has 0 saturated carbocycles. The highest BCUT2D eigenvalue weighted by molar-refractivity contribution is 6.30. The maximum absolute atomic E-state index is 11.1. The van der Waals surface area contributed by atoms with Crippen molar-refractivity contribution in [1.29, 1.82) is 0 Å². The van der Waals surface area contributed by atoms with Crippen molar-refractivity contribution in [2.75, 3.05) is 0 Å². The average molecular weight is 227 g/mol. The van der Waals surface area contributed by atoms with Gasteiger partial charge in [-0.15, -0.1) is 0 Å². The first-order chi connectivity index (χ1) is 6.98. The number of hydrogen-bond acceptors (Lipinski definition) is 1. The summed E-state index contributed by atoms with van der Waals surface area (Å²) in [6, 6.07) is 7.32. The van der Waals surface area contributed by atoms with Crippen LogP contribution in [0.1, 0.15) is 25.8 Å². The van der Waals surface area contributed by atoms with Crippen LogP contribution in [0, 0.1) is 5.41 Å². The zero-order valence-electron chi connectivity index (χ0n) is 8.96. The van der Waals surface area contributed by atoms with Gasteiger partial charge in [-0.1, -0.05) is 30.7 Å². The second-order valence-corrected chi connectivity index (χ2v) is 4.46. The third-order valence-electron chi connectivity index (χ3n) is 2.80. The van der Waals surface area contributed by atoms with Gasteiger partial charge in [0.1, 0.15) is 0 Å². The zero-order valence-corrected chi connectivity index (χ0v) is 9.71. The van der Waals surface area contributed by atoms with E-state index in [1.807, 2.05) is 19.1 Å². The lowest BCUT2D eigenvalue weighted by molar-refractivity contribution is -0.148. The number of benzene rings is 1. The molecule has 0 aliphatic carbocycles. The molecule has 0 radical (unpaired) electrons. The first-order valence-corrected chi connectivity index (χ1v) is 5.33. The Morgan fingerprint density at radius 1 is 1.40 bits per heavy atom. The first kappa shape index (κ1) is 12.1. The van der Waals surface area contributed by atoms with Gasteiger partial charge in [0, 0.05) is 5.02 Å². The molecule has 1 N–H and O–H groups in total. The molecular formula is C12H15ClO2. The molecule has 1 atom stereocenters. The molecule has 15 heavy (non-hydrogen) atoms. The minimum Gasteiger partial charge on any atom is -0.481 e. The van der Waals surface area contributed by atoms with Gasteiger partial charge in [0.25, 0.3) is 0 Å². The fourth-order valence-corrected chi connectivity index (χ4v) is 1.53. The standard InChI is InChI=1S/C12H15ClO2/c1-3-12(2,11(14)15)8-9-4-6-10(13)7-5-9/h4-7H,3,8H2,1-2H3,(H,14,15). The smallest absolute Gasteiger partial charge is 0.309 e. The molecule has 1 aromatic rings. The predicted octanol–water partition coefficient (Wildman–Crippen LogP) is 3.38. The maximum Gasteiger partial charge on any atom is 0.309 e. The number of rotatable bonds is 4. The minimum atomic E-state index is -0.750. The topological polar surface area (TPSA) is 37.3 Å². The number of carboxylic acid groups (broad SMARTS) is 1. The third kappa shape index (κ3) is 2.96. The number of carbonyl (C=O) groups is 1.